The van der Waals surface area contributed by atoms with Crippen LogP contribution < -0.4 is 21.1 Å². The lowest BCUT2D eigenvalue weighted by atomic mass is 9.74. The molecule has 2 amide bonds. The maximum Gasteiger partial charge on any atom is 0.418 e. The molecule has 238 valence electrons. The van der Waals surface area contributed by atoms with Crippen molar-refractivity contribution in [2.45, 2.75) is 44.4 Å². The zero-order valence-electron chi connectivity index (χ0n) is 25.1. The van der Waals surface area contributed by atoms with E-state index < -0.39 is 47.8 Å². The Bertz CT molecular complexity index is 1770. The minimum absolute atomic E-state index is 0.188. The molecule has 9 nitrogen and oxygen atoms in total. The zero-order valence-corrected chi connectivity index (χ0v) is 25.1. The number of aliphatic hydroxyl groups is 1. The van der Waals surface area contributed by atoms with Gasteiger partial charge in [-0.05, 0) is 78.9 Å². The maximum absolute atomic E-state index is 14.5. The number of benzene rings is 3. The third-order valence-corrected chi connectivity index (χ3v) is 7.49. The smallest absolute Gasteiger partial charge is 0.418 e. The summed E-state index contributed by atoms with van der Waals surface area (Å²) in [7, 11) is 1.34. The number of hydrogen-bond donors (Lipinski definition) is 4. The van der Waals surface area contributed by atoms with Gasteiger partial charge in [0.1, 0.15) is 11.6 Å². The number of nitrogens with zero attached hydrogens (tertiary/aromatic N) is 2. The second-order valence-corrected chi connectivity index (χ2v) is 11.4. The highest BCUT2D eigenvalue weighted by molar-refractivity contribution is 6.02. The summed E-state index contributed by atoms with van der Waals surface area (Å²) in [5.74, 6) is -1.89. The van der Waals surface area contributed by atoms with Gasteiger partial charge in [0, 0.05) is 22.2 Å². The van der Waals surface area contributed by atoms with E-state index in [1.165, 1.54) is 45.4 Å². The molecule has 0 fully saturated rings. The molecule has 0 saturated carbocycles. The number of rotatable bonds is 11. The largest absolute Gasteiger partial charge is 0.496 e. The molecule has 5 N–H and O–H groups in total. The fraction of sp³-hybridized carbons (Fsp3) is 0.281. The first-order valence-electron chi connectivity index (χ1n) is 13.7. The van der Waals surface area contributed by atoms with E-state index in [1.807, 2.05) is 0 Å². The average Bonchev–Trinajstić information content (AvgIpc) is 3.39. The first-order chi connectivity index (χ1) is 21.0. The van der Waals surface area contributed by atoms with Gasteiger partial charge in [0.05, 0.1) is 36.8 Å². The lowest BCUT2D eigenvalue weighted by Crippen LogP contribution is -2.53. The topological polar surface area (TPSA) is 132 Å². The highest BCUT2D eigenvalue weighted by Gasteiger charge is 2.56. The molecule has 0 radical (unpaired) electrons. The van der Waals surface area contributed by atoms with Crippen LogP contribution in [0.4, 0.5) is 23.2 Å². The third kappa shape index (κ3) is 6.93. The molecule has 1 atom stereocenters. The highest BCUT2D eigenvalue weighted by atomic mass is 19.4. The van der Waals surface area contributed by atoms with Crippen LogP contribution >= 0.6 is 0 Å². The van der Waals surface area contributed by atoms with Crippen LogP contribution in [0.1, 0.15) is 41.8 Å². The summed E-state index contributed by atoms with van der Waals surface area (Å²) in [6.45, 7) is 7.22. The van der Waals surface area contributed by atoms with Crippen LogP contribution in [-0.4, -0.2) is 52.1 Å². The standard InChI is InChI=1S/C32H33F4N5O4/c1-18-12-25(38-17-31(44,32(34,35)36)16-30(3,4)24-14-21(33)8-11-27(24)45-5)23-15-39-41(26(23)13-18)22-9-6-20(7-10-22)29(43)40-19(2)28(37)42/h6-15,38,44H,2,16-17H2,1,3-5H3,(H2,37,42)(H,40,43). The Labute approximate surface area is 256 Å². The molecule has 0 saturated heterocycles. The summed E-state index contributed by atoms with van der Waals surface area (Å²) in [5.41, 5.74) is 2.81. The molecule has 1 unspecified atom stereocenters. The summed E-state index contributed by atoms with van der Waals surface area (Å²) in [5, 5.41) is 21.1. The van der Waals surface area contributed by atoms with Crippen LogP contribution in [0.3, 0.4) is 0 Å². The second kappa shape index (κ2) is 12.2. The number of primary amides is 1. The fourth-order valence-corrected chi connectivity index (χ4v) is 5.18. The van der Waals surface area contributed by atoms with E-state index in [2.05, 4.69) is 22.3 Å². The second-order valence-electron chi connectivity index (χ2n) is 11.4. The number of anilines is 1. The molecule has 0 aliphatic carbocycles. The predicted octanol–water partition coefficient (Wildman–Crippen LogP) is 5.28. The number of hydrogen-bond acceptors (Lipinski definition) is 6. The van der Waals surface area contributed by atoms with Gasteiger partial charge in [0.15, 0.2) is 5.60 Å². The van der Waals surface area contributed by atoms with E-state index in [0.29, 0.717) is 27.8 Å². The summed E-state index contributed by atoms with van der Waals surface area (Å²) < 4.78 is 64.3. The molecular weight excluding hydrogens is 594 g/mol. The van der Waals surface area contributed by atoms with Crippen molar-refractivity contribution in [1.29, 1.82) is 0 Å². The molecule has 0 bridgehead atoms. The summed E-state index contributed by atoms with van der Waals surface area (Å²) >= 11 is 0. The summed E-state index contributed by atoms with van der Waals surface area (Å²) in [6.07, 6.45) is -4.36. The first kappa shape index (κ1) is 33.0. The molecule has 1 heterocycles. The van der Waals surface area contributed by atoms with Gasteiger partial charge in [-0.1, -0.05) is 20.4 Å². The van der Waals surface area contributed by atoms with Gasteiger partial charge >= 0.3 is 6.18 Å². The average molecular weight is 628 g/mol. The van der Waals surface area contributed by atoms with Gasteiger partial charge in [0.25, 0.3) is 11.8 Å². The molecular formula is C32H33F4N5O4. The monoisotopic (exact) mass is 627 g/mol. The molecule has 13 heteroatoms. The van der Waals surface area contributed by atoms with Crippen LogP contribution in [0, 0.1) is 12.7 Å². The number of nitrogens with one attached hydrogen (secondary N) is 2. The normalized spacial score (nSPS) is 13.3. The Morgan fingerprint density at radius 3 is 2.36 bits per heavy atom. The Kier molecular flexibility index (Phi) is 8.97. The Balaban J connectivity index is 1.62. The molecule has 0 aliphatic heterocycles. The fourth-order valence-electron chi connectivity index (χ4n) is 5.18. The Hall–Kier alpha value is -4.91. The lowest BCUT2D eigenvalue weighted by molar-refractivity contribution is -0.260. The lowest BCUT2D eigenvalue weighted by Gasteiger charge is -2.38. The highest BCUT2D eigenvalue weighted by Crippen LogP contribution is 2.44. The molecule has 1 aromatic heterocycles. The molecule has 45 heavy (non-hydrogen) atoms. The number of aromatic nitrogens is 2. The number of alkyl halides is 3. The Morgan fingerprint density at radius 2 is 1.76 bits per heavy atom. The van der Waals surface area contributed by atoms with E-state index in [4.69, 9.17) is 10.5 Å². The molecule has 4 rings (SSSR count). The number of halogens is 4. The number of methoxy groups -OCH3 is 1. The first-order valence-corrected chi connectivity index (χ1v) is 13.7. The van der Waals surface area contributed by atoms with Crippen LogP contribution in [0.2, 0.25) is 0 Å². The van der Waals surface area contributed by atoms with Crippen LogP contribution in [0.15, 0.2) is 73.1 Å². The van der Waals surface area contributed by atoms with E-state index >= 15 is 0 Å². The summed E-state index contributed by atoms with van der Waals surface area (Å²) in [4.78, 5) is 23.5. The van der Waals surface area contributed by atoms with Gasteiger partial charge in [-0.3, -0.25) is 9.59 Å². The number of fused-ring (bicyclic) bond motifs is 1. The zero-order chi connectivity index (χ0) is 33.3. The van der Waals surface area contributed by atoms with Crippen LogP contribution in [0.25, 0.3) is 16.6 Å². The van der Waals surface area contributed by atoms with E-state index in [1.54, 1.807) is 35.9 Å². The van der Waals surface area contributed by atoms with Gasteiger partial charge in [-0.25, -0.2) is 9.07 Å². The quantitative estimate of drug-likeness (QED) is 0.132. The minimum atomic E-state index is -5.04. The van der Waals surface area contributed by atoms with Crippen molar-refractivity contribution >= 4 is 28.4 Å². The van der Waals surface area contributed by atoms with E-state index in [-0.39, 0.29) is 22.6 Å². The predicted molar refractivity (Wildman–Crippen MR) is 162 cm³/mol. The van der Waals surface area contributed by atoms with Gasteiger partial charge in [-0.15, -0.1) is 0 Å². The maximum atomic E-state index is 14.5. The van der Waals surface area contributed by atoms with Crippen LogP contribution in [-0.2, 0) is 10.2 Å². The van der Waals surface area contributed by atoms with E-state index in [0.717, 1.165) is 12.1 Å². The summed E-state index contributed by atoms with van der Waals surface area (Å²) in [6, 6.07) is 13.2. The molecule has 0 spiro atoms. The van der Waals surface area contributed by atoms with Crippen molar-refractivity contribution in [3.8, 4) is 11.4 Å². The number of nitrogens with two attached hydrogens (primary N) is 1. The number of aryl methyl sites for hydroxylation is 1. The molecule has 3 aromatic carbocycles. The minimum Gasteiger partial charge on any atom is -0.496 e. The van der Waals surface area contributed by atoms with Crippen molar-refractivity contribution in [3.63, 3.8) is 0 Å². The van der Waals surface area contributed by atoms with Crippen molar-refractivity contribution in [1.82, 2.24) is 15.1 Å². The van der Waals surface area contributed by atoms with Gasteiger partial charge in [0.2, 0.25) is 0 Å². The molecule has 4 aromatic rings. The van der Waals surface area contributed by atoms with Crippen molar-refractivity contribution in [2.75, 3.05) is 19.0 Å². The van der Waals surface area contributed by atoms with Crippen molar-refractivity contribution in [3.05, 3.63) is 95.6 Å². The van der Waals surface area contributed by atoms with Gasteiger partial charge in [-0.2, -0.15) is 18.3 Å². The Morgan fingerprint density at radius 1 is 1.09 bits per heavy atom. The van der Waals surface area contributed by atoms with E-state index in [9.17, 15) is 32.3 Å². The van der Waals surface area contributed by atoms with Crippen molar-refractivity contribution in [2.24, 2.45) is 5.73 Å². The van der Waals surface area contributed by atoms with Gasteiger partial charge < -0.3 is 26.2 Å². The van der Waals surface area contributed by atoms with Crippen LogP contribution in [0.5, 0.6) is 5.75 Å². The third-order valence-electron chi connectivity index (χ3n) is 7.49. The number of carbonyl (C=O) groups excluding carboxylic acids is 2. The number of carbonyl (C=O) groups is 2. The van der Waals surface area contributed by atoms with Crippen molar-refractivity contribution < 1.29 is 37.0 Å². The SMILES string of the molecule is C=C(NC(=O)c1ccc(-n2ncc3c(NCC(O)(CC(C)(C)c4cc(F)ccc4OC)C(F)(F)F)cc(C)cc32)cc1)C(N)=O. The molecule has 0 aliphatic rings. The number of amides is 2. The number of ether oxygens (including phenoxy) is 1.